The molecule has 0 saturated carbocycles. The molecule has 0 spiro atoms. The number of hydrogen-bond acceptors (Lipinski definition) is 6. The number of benzene rings is 2. The van der Waals surface area contributed by atoms with Crippen LogP contribution < -0.4 is 10.2 Å². The number of nitrogens with one attached hydrogen (secondary N) is 1. The molecule has 0 amide bonds. The highest BCUT2D eigenvalue weighted by molar-refractivity contribution is 6.30. The Kier molecular flexibility index (Phi) is 5.99. The smallest absolute Gasteiger partial charge is 0.247 e. The minimum Gasteiger partial charge on any atom is -0.365 e. The molecule has 3 aromatic rings. The molecule has 144 valence electrons. The van der Waals surface area contributed by atoms with E-state index in [4.69, 9.17) is 11.6 Å². The number of nitrogens with zero attached hydrogens (tertiary/aromatic N) is 5. The summed E-state index contributed by atoms with van der Waals surface area (Å²) < 4.78 is 0. The van der Waals surface area contributed by atoms with Crippen LogP contribution >= 0.6 is 11.6 Å². The first-order valence-corrected chi connectivity index (χ1v) is 9.83. The van der Waals surface area contributed by atoms with Crippen LogP contribution in [0.3, 0.4) is 0 Å². The van der Waals surface area contributed by atoms with Crippen LogP contribution in [0.5, 0.6) is 0 Å². The van der Waals surface area contributed by atoms with Crippen LogP contribution in [0.25, 0.3) is 0 Å². The summed E-state index contributed by atoms with van der Waals surface area (Å²) >= 11 is 5.93. The largest absolute Gasteiger partial charge is 0.365 e. The number of anilines is 2. The molecule has 0 bridgehead atoms. The molecule has 0 aliphatic carbocycles. The molecule has 1 aliphatic rings. The maximum absolute atomic E-state index is 5.93. The minimum absolute atomic E-state index is 0.667. The predicted molar refractivity (Wildman–Crippen MR) is 113 cm³/mol. The second kappa shape index (κ2) is 8.99. The molecule has 6 nitrogen and oxygen atoms in total. The van der Waals surface area contributed by atoms with Crippen molar-refractivity contribution in [1.82, 2.24) is 20.1 Å². The van der Waals surface area contributed by atoms with E-state index in [1.54, 1.807) is 6.20 Å². The summed E-state index contributed by atoms with van der Waals surface area (Å²) in [6, 6.07) is 18.4. The maximum Gasteiger partial charge on any atom is 0.247 e. The zero-order valence-electron chi connectivity index (χ0n) is 15.6. The average Bonchev–Trinajstić information content (AvgIpc) is 2.75. The highest BCUT2D eigenvalue weighted by Gasteiger charge is 2.19. The lowest BCUT2D eigenvalue weighted by Gasteiger charge is -2.34. The second-order valence-electron chi connectivity index (χ2n) is 6.87. The molecule has 4 rings (SSSR count). The molecule has 0 unspecified atom stereocenters. The van der Waals surface area contributed by atoms with Crippen molar-refractivity contribution in [2.75, 3.05) is 36.4 Å². The molecule has 2 heterocycles. The molecule has 28 heavy (non-hydrogen) atoms. The first-order valence-electron chi connectivity index (χ1n) is 9.45. The molecule has 7 heteroatoms. The lowest BCUT2D eigenvalue weighted by molar-refractivity contribution is 0.248. The fraction of sp³-hybridized carbons (Fsp3) is 0.286. The van der Waals surface area contributed by atoms with Gasteiger partial charge in [0.05, 0.1) is 6.20 Å². The lowest BCUT2D eigenvalue weighted by Crippen LogP contribution is -2.46. The molecule has 1 aliphatic heterocycles. The van der Waals surface area contributed by atoms with Gasteiger partial charge in [0, 0.05) is 44.3 Å². The van der Waals surface area contributed by atoms with Crippen molar-refractivity contribution in [3.8, 4) is 0 Å². The standard InChI is InChI=1S/C21H23ClN6/c22-19-8-6-17(7-9-19)14-23-20-15-24-26-21(25-20)28-12-10-27(11-13-28)16-18-4-2-1-3-5-18/h1-9,15H,10-14,16H2,(H,23,25,26). The van der Waals surface area contributed by atoms with Crippen molar-refractivity contribution in [2.24, 2.45) is 0 Å². The van der Waals surface area contributed by atoms with Gasteiger partial charge in [-0.3, -0.25) is 4.90 Å². The van der Waals surface area contributed by atoms with Crippen molar-refractivity contribution in [3.05, 3.63) is 76.9 Å². The van der Waals surface area contributed by atoms with Crippen molar-refractivity contribution >= 4 is 23.4 Å². The van der Waals surface area contributed by atoms with Crippen LogP contribution in [0.4, 0.5) is 11.8 Å². The topological polar surface area (TPSA) is 57.2 Å². The minimum atomic E-state index is 0.667. The number of rotatable bonds is 6. The molecule has 0 atom stereocenters. The Morgan fingerprint density at radius 2 is 1.64 bits per heavy atom. The molecule has 1 saturated heterocycles. The summed E-state index contributed by atoms with van der Waals surface area (Å²) in [4.78, 5) is 9.29. The first-order chi connectivity index (χ1) is 13.8. The Bertz CT molecular complexity index is 879. The van der Waals surface area contributed by atoms with E-state index in [2.05, 4.69) is 60.6 Å². The van der Waals surface area contributed by atoms with Gasteiger partial charge in [-0.1, -0.05) is 54.1 Å². The van der Waals surface area contributed by atoms with Crippen LogP contribution in [-0.4, -0.2) is 46.3 Å². The van der Waals surface area contributed by atoms with E-state index >= 15 is 0 Å². The van der Waals surface area contributed by atoms with Crippen LogP contribution in [0.1, 0.15) is 11.1 Å². The Labute approximate surface area is 170 Å². The Morgan fingerprint density at radius 3 is 2.39 bits per heavy atom. The number of hydrogen-bond donors (Lipinski definition) is 1. The molecular weight excluding hydrogens is 372 g/mol. The van der Waals surface area contributed by atoms with Gasteiger partial charge in [0.15, 0.2) is 5.82 Å². The predicted octanol–water partition coefficient (Wildman–Crippen LogP) is 3.46. The summed E-state index contributed by atoms with van der Waals surface area (Å²) in [5.41, 5.74) is 2.49. The molecule has 1 fully saturated rings. The third kappa shape index (κ3) is 4.97. The maximum atomic E-state index is 5.93. The monoisotopic (exact) mass is 394 g/mol. The van der Waals surface area contributed by atoms with Crippen LogP contribution in [0.15, 0.2) is 60.8 Å². The molecule has 1 N–H and O–H groups in total. The van der Waals surface area contributed by atoms with Gasteiger partial charge >= 0.3 is 0 Å². The van der Waals surface area contributed by atoms with Crippen molar-refractivity contribution in [3.63, 3.8) is 0 Å². The van der Waals surface area contributed by atoms with Crippen LogP contribution in [-0.2, 0) is 13.1 Å². The molecular formula is C21H23ClN6. The van der Waals surface area contributed by atoms with Gasteiger partial charge in [-0.2, -0.15) is 10.1 Å². The van der Waals surface area contributed by atoms with Gasteiger partial charge in [-0.25, -0.2) is 0 Å². The van der Waals surface area contributed by atoms with Gasteiger partial charge < -0.3 is 10.2 Å². The van der Waals surface area contributed by atoms with Gasteiger partial charge in [-0.05, 0) is 23.3 Å². The van der Waals surface area contributed by atoms with Crippen molar-refractivity contribution in [2.45, 2.75) is 13.1 Å². The summed E-state index contributed by atoms with van der Waals surface area (Å²) in [5.74, 6) is 1.41. The van der Waals surface area contributed by atoms with Crippen molar-refractivity contribution in [1.29, 1.82) is 0 Å². The van der Waals surface area contributed by atoms with Gasteiger partial charge in [0.2, 0.25) is 5.95 Å². The van der Waals surface area contributed by atoms with E-state index in [-0.39, 0.29) is 0 Å². The third-order valence-electron chi connectivity index (χ3n) is 4.84. The SMILES string of the molecule is Clc1ccc(CNc2cnnc(N3CCN(Cc4ccccc4)CC3)n2)cc1. The van der Waals surface area contributed by atoms with E-state index in [9.17, 15) is 0 Å². The second-order valence-corrected chi connectivity index (χ2v) is 7.31. The van der Waals surface area contributed by atoms with E-state index in [0.717, 1.165) is 49.1 Å². The van der Waals surface area contributed by atoms with Gasteiger partial charge in [0.25, 0.3) is 0 Å². The summed E-state index contributed by atoms with van der Waals surface area (Å²) in [6.45, 7) is 5.42. The molecule has 1 aromatic heterocycles. The molecule has 0 radical (unpaired) electrons. The summed E-state index contributed by atoms with van der Waals surface area (Å²) in [5, 5.41) is 12.4. The fourth-order valence-electron chi connectivity index (χ4n) is 3.26. The van der Waals surface area contributed by atoms with Gasteiger partial charge in [-0.15, -0.1) is 5.10 Å². The number of piperazine rings is 1. The number of aromatic nitrogens is 3. The average molecular weight is 395 g/mol. The van der Waals surface area contributed by atoms with Crippen LogP contribution in [0.2, 0.25) is 5.02 Å². The Hall–Kier alpha value is -2.70. The number of halogens is 1. The van der Waals surface area contributed by atoms with Gasteiger partial charge in [0.1, 0.15) is 0 Å². The normalized spacial score (nSPS) is 14.8. The van der Waals surface area contributed by atoms with Crippen LogP contribution in [0, 0.1) is 0 Å². The van der Waals surface area contributed by atoms with E-state index in [1.165, 1.54) is 5.56 Å². The third-order valence-corrected chi connectivity index (χ3v) is 5.09. The Balaban J connectivity index is 1.31. The lowest BCUT2D eigenvalue weighted by atomic mass is 10.2. The first kappa shape index (κ1) is 18.7. The van der Waals surface area contributed by atoms with E-state index in [0.29, 0.717) is 12.5 Å². The summed E-state index contributed by atoms with van der Waals surface area (Å²) in [6.07, 6.45) is 1.66. The Morgan fingerprint density at radius 1 is 0.893 bits per heavy atom. The highest BCUT2D eigenvalue weighted by atomic mass is 35.5. The van der Waals surface area contributed by atoms with E-state index in [1.807, 2.05) is 24.3 Å². The summed E-state index contributed by atoms with van der Waals surface area (Å²) in [7, 11) is 0. The van der Waals surface area contributed by atoms with E-state index < -0.39 is 0 Å². The van der Waals surface area contributed by atoms with Crippen molar-refractivity contribution < 1.29 is 0 Å². The fourth-order valence-corrected chi connectivity index (χ4v) is 3.38. The highest BCUT2D eigenvalue weighted by Crippen LogP contribution is 2.15. The molecule has 2 aromatic carbocycles. The quantitative estimate of drug-likeness (QED) is 0.691. The zero-order chi connectivity index (χ0) is 19.2. The zero-order valence-corrected chi connectivity index (χ0v) is 16.4.